The lowest BCUT2D eigenvalue weighted by Crippen LogP contribution is -2.03. The van der Waals surface area contributed by atoms with Crippen molar-refractivity contribution in [3.63, 3.8) is 0 Å². The van der Waals surface area contributed by atoms with Gasteiger partial charge < -0.3 is 10.2 Å². The van der Waals surface area contributed by atoms with Gasteiger partial charge in [0.15, 0.2) is 0 Å². The first-order chi connectivity index (χ1) is 6.99. The van der Waals surface area contributed by atoms with E-state index in [4.69, 9.17) is 10.2 Å². The first-order valence-corrected chi connectivity index (χ1v) is 4.82. The van der Waals surface area contributed by atoms with Crippen molar-refractivity contribution in [3.8, 4) is 0 Å². The summed E-state index contributed by atoms with van der Waals surface area (Å²) in [5.74, 6) is -2.08. The van der Waals surface area contributed by atoms with Crippen LogP contribution < -0.4 is 0 Å². The van der Waals surface area contributed by atoms with E-state index in [9.17, 15) is 9.59 Å². The largest absolute Gasteiger partial charge is 0.478 e. The molecule has 0 saturated carbocycles. The van der Waals surface area contributed by atoms with Crippen LogP contribution in [0.2, 0.25) is 0 Å². The standard InChI is InChI=1S/C11H16O4/c1-3-4-5-9(11(14)15)7-6-8(2)10(12)13/h7H,2-6H2,1H3,(H,12,13)(H,14,15). The minimum absolute atomic E-state index is 0.00486. The minimum Gasteiger partial charge on any atom is -0.478 e. The van der Waals surface area contributed by atoms with Crippen LogP contribution in [0.1, 0.15) is 32.6 Å². The first-order valence-electron chi connectivity index (χ1n) is 4.82. The van der Waals surface area contributed by atoms with E-state index >= 15 is 0 Å². The van der Waals surface area contributed by atoms with Gasteiger partial charge in [0.25, 0.3) is 0 Å². The highest BCUT2D eigenvalue weighted by Crippen LogP contribution is 2.11. The molecule has 0 aromatic heterocycles. The van der Waals surface area contributed by atoms with Gasteiger partial charge in [-0.15, -0.1) is 0 Å². The van der Waals surface area contributed by atoms with Crippen molar-refractivity contribution in [2.24, 2.45) is 0 Å². The fraction of sp³-hybridized carbons (Fsp3) is 0.455. The molecule has 0 aliphatic carbocycles. The maximum Gasteiger partial charge on any atom is 0.331 e. The van der Waals surface area contributed by atoms with Gasteiger partial charge in [0.2, 0.25) is 0 Å². The Morgan fingerprint density at radius 2 is 1.87 bits per heavy atom. The Bertz CT molecular complexity index is 289. The molecule has 0 aliphatic rings. The quantitative estimate of drug-likeness (QED) is 0.634. The van der Waals surface area contributed by atoms with Gasteiger partial charge in [-0.05, 0) is 19.3 Å². The topological polar surface area (TPSA) is 74.6 Å². The summed E-state index contributed by atoms with van der Waals surface area (Å²) in [7, 11) is 0. The average Bonchev–Trinajstić information content (AvgIpc) is 2.16. The molecule has 0 rings (SSSR count). The molecule has 0 fully saturated rings. The van der Waals surface area contributed by atoms with E-state index in [2.05, 4.69) is 6.58 Å². The molecule has 0 unspecified atom stereocenters. The lowest BCUT2D eigenvalue weighted by atomic mass is 10.1. The van der Waals surface area contributed by atoms with Gasteiger partial charge in [-0.25, -0.2) is 9.59 Å². The number of unbranched alkanes of at least 4 members (excludes halogenated alkanes) is 1. The summed E-state index contributed by atoms with van der Waals surface area (Å²) in [6.07, 6.45) is 3.68. The molecular weight excluding hydrogens is 196 g/mol. The van der Waals surface area contributed by atoms with Gasteiger partial charge in [0.05, 0.1) is 0 Å². The zero-order valence-electron chi connectivity index (χ0n) is 8.82. The van der Waals surface area contributed by atoms with Crippen molar-refractivity contribution < 1.29 is 19.8 Å². The Morgan fingerprint density at radius 1 is 1.27 bits per heavy atom. The van der Waals surface area contributed by atoms with E-state index < -0.39 is 11.9 Å². The van der Waals surface area contributed by atoms with Crippen molar-refractivity contribution in [1.82, 2.24) is 0 Å². The summed E-state index contributed by atoms with van der Waals surface area (Å²) in [5, 5.41) is 17.3. The van der Waals surface area contributed by atoms with Gasteiger partial charge in [0.1, 0.15) is 0 Å². The zero-order chi connectivity index (χ0) is 11.8. The average molecular weight is 212 g/mol. The predicted octanol–water partition coefficient (Wildman–Crippen LogP) is 2.22. The molecule has 4 heteroatoms. The Labute approximate surface area is 88.9 Å². The van der Waals surface area contributed by atoms with E-state index in [-0.39, 0.29) is 17.6 Å². The molecule has 0 atom stereocenters. The van der Waals surface area contributed by atoms with Crippen LogP contribution in [0.25, 0.3) is 0 Å². The molecule has 0 saturated heterocycles. The lowest BCUT2D eigenvalue weighted by molar-refractivity contribution is -0.134. The van der Waals surface area contributed by atoms with Gasteiger partial charge >= 0.3 is 11.9 Å². The van der Waals surface area contributed by atoms with Crippen LogP contribution >= 0.6 is 0 Å². The summed E-state index contributed by atoms with van der Waals surface area (Å²) >= 11 is 0. The molecule has 15 heavy (non-hydrogen) atoms. The van der Waals surface area contributed by atoms with Crippen LogP contribution in [-0.2, 0) is 9.59 Å². The molecule has 2 N–H and O–H groups in total. The Hall–Kier alpha value is -1.58. The summed E-state index contributed by atoms with van der Waals surface area (Å²) in [5.41, 5.74) is 0.268. The van der Waals surface area contributed by atoms with Crippen molar-refractivity contribution >= 4 is 11.9 Å². The Kier molecular flexibility index (Phi) is 6.09. The SMILES string of the molecule is C=C(CC=C(CCCC)C(=O)O)C(=O)O. The van der Waals surface area contributed by atoms with Crippen LogP contribution in [0.15, 0.2) is 23.8 Å². The molecule has 0 aromatic rings. The van der Waals surface area contributed by atoms with E-state index in [1.807, 2.05) is 6.92 Å². The monoisotopic (exact) mass is 212 g/mol. The molecule has 0 aromatic carbocycles. The summed E-state index contributed by atoms with van der Waals surface area (Å²) in [6, 6.07) is 0. The first kappa shape index (κ1) is 13.4. The van der Waals surface area contributed by atoms with Crippen molar-refractivity contribution in [3.05, 3.63) is 23.8 Å². The van der Waals surface area contributed by atoms with Gasteiger partial charge in [-0.2, -0.15) is 0 Å². The van der Waals surface area contributed by atoms with Crippen molar-refractivity contribution in [2.75, 3.05) is 0 Å². The highest BCUT2D eigenvalue weighted by molar-refractivity contribution is 5.88. The Morgan fingerprint density at radius 3 is 2.27 bits per heavy atom. The molecule has 4 nitrogen and oxygen atoms in total. The number of hydrogen-bond donors (Lipinski definition) is 2. The number of rotatable bonds is 7. The smallest absolute Gasteiger partial charge is 0.331 e. The van der Waals surface area contributed by atoms with Crippen LogP contribution in [0.5, 0.6) is 0 Å². The molecule has 0 spiro atoms. The number of aliphatic carboxylic acids is 2. The summed E-state index contributed by atoms with van der Waals surface area (Å²) in [6.45, 7) is 5.30. The second kappa shape index (κ2) is 6.81. The molecule has 0 amide bonds. The van der Waals surface area contributed by atoms with Crippen LogP contribution in [-0.4, -0.2) is 22.2 Å². The van der Waals surface area contributed by atoms with Gasteiger partial charge in [-0.3, -0.25) is 0 Å². The van der Waals surface area contributed by atoms with Crippen LogP contribution in [0.4, 0.5) is 0 Å². The van der Waals surface area contributed by atoms with Gasteiger partial charge in [0, 0.05) is 11.1 Å². The fourth-order valence-corrected chi connectivity index (χ4v) is 0.997. The minimum atomic E-state index is -1.09. The number of allylic oxidation sites excluding steroid dienone is 1. The number of hydrogen-bond acceptors (Lipinski definition) is 2. The van der Waals surface area contributed by atoms with E-state index in [1.54, 1.807) is 0 Å². The third-order valence-corrected chi connectivity index (χ3v) is 1.97. The third kappa shape index (κ3) is 5.67. The van der Waals surface area contributed by atoms with E-state index in [1.165, 1.54) is 6.08 Å². The predicted molar refractivity (Wildman–Crippen MR) is 56.6 cm³/mol. The molecule has 0 aliphatic heterocycles. The van der Waals surface area contributed by atoms with Crippen LogP contribution in [0, 0.1) is 0 Å². The van der Waals surface area contributed by atoms with Crippen LogP contribution in [0.3, 0.4) is 0 Å². The zero-order valence-corrected chi connectivity index (χ0v) is 8.82. The molecule has 0 bridgehead atoms. The summed E-state index contributed by atoms with van der Waals surface area (Å²) < 4.78 is 0. The number of carboxylic acid groups (broad SMARTS) is 2. The molecule has 0 heterocycles. The highest BCUT2D eigenvalue weighted by atomic mass is 16.4. The molecule has 84 valence electrons. The number of carbonyl (C=O) groups is 2. The van der Waals surface area contributed by atoms with Crippen molar-refractivity contribution in [1.29, 1.82) is 0 Å². The van der Waals surface area contributed by atoms with E-state index in [0.29, 0.717) is 6.42 Å². The molecule has 0 radical (unpaired) electrons. The highest BCUT2D eigenvalue weighted by Gasteiger charge is 2.08. The second-order valence-electron chi connectivity index (χ2n) is 3.25. The second-order valence-corrected chi connectivity index (χ2v) is 3.25. The van der Waals surface area contributed by atoms with E-state index in [0.717, 1.165) is 12.8 Å². The third-order valence-electron chi connectivity index (χ3n) is 1.97. The van der Waals surface area contributed by atoms with Crippen molar-refractivity contribution in [2.45, 2.75) is 32.6 Å². The number of carboxylic acids is 2. The molecular formula is C11H16O4. The summed E-state index contributed by atoms with van der Waals surface area (Å²) in [4.78, 5) is 21.2. The fourth-order valence-electron chi connectivity index (χ4n) is 0.997. The maximum atomic E-state index is 10.7. The van der Waals surface area contributed by atoms with Gasteiger partial charge in [-0.1, -0.05) is 26.0 Å². The Balaban J connectivity index is 4.35. The normalized spacial score (nSPS) is 11.1. The lowest BCUT2D eigenvalue weighted by Gasteiger charge is -2.01. The maximum absolute atomic E-state index is 10.7.